The fraction of sp³-hybridized carbons (Fsp3) is 0.688. The lowest BCUT2D eigenvalue weighted by Crippen LogP contribution is -2.48. The van der Waals surface area contributed by atoms with Gasteiger partial charge in [-0.15, -0.1) is 5.10 Å². The van der Waals surface area contributed by atoms with Crippen LogP contribution in [0.3, 0.4) is 0 Å². The zero-order chi connectivity index (χ0) is 15.4. The second-order valence-corrected chi connectivity index (χ2v) is 6.29. The van der Waals surface area contributed by atoms with E-state index in [0.29, 0.717) is 5.92 Å². The molecule has 22 heavy (non-hydrogen) atoms. The van der Waals surface area contributed by atoms with Crippen molar-refractivity contribution in [1.29, 1.82) is 0 Å². The van der Waals surface area contributed by atoms with E-state index in [0.717, 1.165) is 57.2 Å². The highest BCUT2D eigenvalue weighted by molar-refractivity contribution is 5.73. The molecule has 0 aromatic carbocycles. The van der Waals surface area contributed by atoms with E-state index in [4.69, 9.17) is 0 Å². The van der Waals surface area contributed by atoms with Gasteiger partial charge >= 0.3 is 0 Å². The smallest absolute Gasteiger partial charge is 0.219 e. The molecule has 1 aromatic heterocycles. The second-order valence-electron chi connectivity index (χ2n) is 6.29. The van der Waals surface area contributed by atoms with Crippen LogP contribution in [0.2, 0.25) is 0 Å². The van der Waals surface area contributed by atoms with Crippen molar-refractivity contribution in [1.82, 2.24) is 20.4 Å². The first-order valence-corrected chi connectivity index (χ1v) is 8.26. The first-order valence-electron chi connectivity index (χ1n) is 8.26. The van der Waals surface area contributed by atoms with Crippen LogP contribution in [0.4, 0.5) is 5.82 Å². The number of aromatic nitrogens is 2. The minimum atomic E-state index is 0.155. The molecule has 0 spiro atoms. The van der Waals surface area contributed by atoms with E-state index in [9.17, 15) is 4.79 Å². The predicted molar refractivity (Wildman–Crippen MR) is 85.8 cm³/mol. The quantitative estimate of drug-likeness (QED) is 0.890. The summed E-state index contributed by atoms with van der Waals surface area (Å²) in [5.74, 6) is 1.77. The van der Waals surface area contributed by atoms with Crippen LogP contribution in [0.5, 0.6) is 0 Å². The lowest BCUT2D eigenvalue weighted by molar-refractivity contribution is -0.129. The molecule has 0 radical (unpaired) electrons. The Morgan fingerprint density at radius 1 is 1.27 bits per heavy atom. The maximum Gasteiger partial charge on any atom is 0.219 e. The number of piperidine rings is 1. The van der Waals surface area contributed by atoms with Crippen LogP contribution < -0.4 is 10.2 Å². The van der Waals surface area contributed by atoms with Crippen LogP contribution in [-0.4, -0.2) is 60.3 Å². The van der Waals surface area contributed by atoms with Gasteiger partial charge in [0.1, 0.15) is 0 Å². The molecular weight excluding hydrogens is 278 g/mol. The van der Waals surface area contributed by atoms with Crippen molar-refractivity contribution >= 4 is 11.7 Å². The van der Waals surface area contributed by atoms with Crippen LogP contribution >= 0.6 is 0 Å². The third-order valence-corrected chi connectivity index (χ3v) is 4.65. The molecule has 1 atom stereocenters. The molecule has 1 aromatic rings. The summed E-state index contributed by atoms with van der Waals surface area (Å²) < 4.78 is 0. The lowest BCUT2D eigenvalue weighted by atomic mass is 9.95. The molecule has 1 N–H and O–H groups in total. The monoisotopic (exact) mass is 303 g/mol. The second kappa shape index (κ2) is 7.05. The van der Waals surface area contributed by atoms with Crippen molar-refractivity contribution in [3.05, 3.63) is 17.8 Å². The maximum atomic E-state index is 11.4. The molecule has 3 heterocycles. The van der Waals surface area contributed by atoms with Gasteiger partial charge in [0.25, 0.3) is 0 Å². The Kier molecular flexibility index (Phi) is 4.87. The average molecular weight is 303 g/mol. The summed E-state index contributed by atoms with van der Waals surface area (Å²) >= 11 is 0. The molecule has 0 saturated carbocycles. The first-order chi connectivity index (χ1) is 10.7. The predicted octanol–water partition coefficient (Wildman–Crippen LogP) is 0.687. The average Bonchev–Trinajstić information content (AvgIpc) is 2.57. The highest BCUT2D eigenvalue weighted by Gasteiger charge is 2.20. The number of amides is 1. The van der Waals surface area contributed by atoms with Crippen LogP contribution in [0, 0.1) is 5.92 Å². The van der Waals surface area contributed by atoms with E-state index in [1.807, 2.05) is 4.90 Å². The van der Waals surface area contributed by atoms with Crippen molar-refractivity contribution in [2.45, 2.75) is 26.2 Å². The number of rotatable bonds is 3. The van der Waals surface area contributed by atoms with E-state index >= 15 is 0 Å². The molecule has 6 nitrogen and oxygen atoms in total. The van der Waals surface area contributed by atoms with Crippen LogP contribution in [0.25, 0.3) is 0 Å². The molecule has 2 fully saturated rings. The summed E-state index contributed by atoms with van der Waals surface area (Å²) in [7, 11) is 0. The van der Waals surface area contributed by atoms with E-state index in [1.165, 1.54) is 12.8 Å². The SMILES string of the molecule is CC(=O)N1CCN(c2ccc(C[C@H]3CCCNC3)nn2)CC1. The van der Waals surface area contributed by atoms with E-state index in [-0.39, 0.29) is 5.91 Å². The number of anilines is 1. The molecule has 3 rings (SSSR count). The molecule has 0 aliphatic carbocycles. The van der Waals surface area contributed by atoms with Gasteiger partial charge in [-0.1, -0.05) is 0 Å². The number of hydrogen-bond donors (Lipinski definition) is 1. The normalized spacial score (nSPS) is 22.7. The highest BCUT2D eigenvalue weighted by Crippen LogP contribution is 2.17. The molecule has 1 amide bonds. The zero-order valence-corrected chi connectivity index (χ0v) is 13.3. The first kappa shape index (κ1) is 15.2. The van der Waals surface area contributed by atoms with Gasteiger partial charge in [0.15, 0.2) is 5.82 Å². The van der Waals surface area contributed by atoms with Gasteiger partial charge in [0.2, 0.25) is 5.91 Å². The number of carbonyl (C=O) groups is 1. The number of piperazine rings is 1. The van der Waals surface area contributed by atoms with Gasteiger partial charge < -0.3 is 15.1 Å². The summed E-state index contributed by atoms with van der Waals surface area (Å²) in [5.41, 5.74) is 1.08. The van der Waals surface area contributed by atoms with Gasteiger partial charge in [0, 0.05) is 33.1 Å². The van der Waals surface area contributed by atoms with Crippen molar-refractivity contribution < 1.29 is 4.79 Å². The number of nitrogens with one attached hydrogen (secondary N) is 1. The number of hydrogen-bond acceptors (Lipinski definition) is 5. The number of carbonyl (C=O) groups excluding carboxylic acids is 1. The minimum Gasteiger partial charge on any atom is -0.352 e. The summed E-state index contributed by atoms with van der Waals surface area (Å²) in [4.78, 5) is 15.4. The Morgan fingerprint density at radius 3 is 2.68 bits per heavy atom. The largest absolute Gasteiger partial charge is 0.352 e. The molecule has 0 bridgehead atoms. The highest BCUT2D eigenvalue weighted by atomic mass is 16.2. The van der Waals surface area contributed by atoms with Gasteiger partial charge in [-0.3, -0.25) is 4.79 Å². The Labute approximate surface area is 131 Å². The molecular formula is C16H25N5O. The molecule has 120 valence electrons. The fourth-order valence-electron chi connectivity index (χ4n) is 3.27. The third kappa shape index (κ3) is 3.74. The molecule has 6 heteroatoms. The van der Waals surface area contributed by atoms with Crippen molar-refractivity contribution in [2.75, 3.05) is 44.2 Å². The molecule has 0 unspecified atom stereocenters. The lowest BCUT2D eigenvalue weighted by Gasteiger charge is -2.34. The Bertz CT molecular complexity index is 490. The van der Waals surface area contributed by atoms with E-state index < -0.39 is 0 Å². The summed E-state index contributed by atoms with van der Waals surface area (Å²) in [5, 5.41) is 12.2. The van der Waals surface area contributed by atoms with Crippen molar-refractivity contribution in [3.8, 4) is 0 Å². The van der Waals surface area contributed by atoms with Crippen LogP contribution in [0.1, 0.15) is 25.5 Å². The molecule has 2 saturated heterocycles. The van der Waals surface area contributed by atoms with Crippen molar-refractivity contribution in [3.63, 3.8) is 0 Å². The maximum absolute atomic E-state index is 11.4. The van der Waals surface area contributed by atoms with Crippen LogP contribution in [0.15, 0.2) is 12.1 Å². The van der Waals surface area contributed by atoms with Gasteiger partial charge in [-0.2, -0.15) is 5.10 Å². The Balaban J connectivity index is 1.54. The minimum absolute atomic E-state index is 0.155. The standard InChI is InChI=1S/C16H25N5O/c1-13(22)20-7-9-21(10-8-20)16-5-4-15(18-19-16)11-14-3-2-6-17-12-14/h4-5,14,17H,2-3,6-12H2,1H3/t14-/m1/s1. The summed E-state index contributed by atoms with van der Waals surface area (Å²) in [6.45, 7) is 7.08. The van der Waals surface area contributed by atoms with Crippen LogP contribution in [-0.2, 0) is 11.2 Å². The summed E-state index contributed by atoms with van der Waals surface area (Å²) in [6, 6.07) is 4.18. The Hall–Kier alpha value is -1.69. The van der Waals surface area contributed by atoms with Crippen molar-refractivity contribution in [2.24, 2.45) is 5.92 Å². The number of nitrogens with zero attached hydrogens (tertiary/aromatic N) is 4. The topological polar surface area (TPSA) is 61.4 Å². The van der Waals surface area contributed by atoms with E-state index in [2.05, 4.69) is 32.5 Å². The van der Waals surface area contributed by atoms with Gasteiger partial charge in [0.05, 0.1) is 5.69 Å². The third-order valence-electron chi connectivity index (χ3n) is 4.65. The fourth-order valence-corrected chi connectivity index (χ4v) is 3.27. The summed E-state index contributed by atoms with van der Waals surface area (Å²) in [6.07, 6.45) is 3.55. The van der Waals surface area contributed by atoms with E-state index in [1.54, 1.807) is 6.92 Å². The van der Waals surface area contributed by atoms with Gasteiger partial charge in [-0.25, -0.2) is 0 Å². The molecule has 2 aliphatic heterocycles. The van der Waals surface area contributed by atoms with Gasteiger partial charge in [-0.05, 0) is 50.4 Å². The zero-order valence-electron chi connectivity index (χ0n) is 13.3. The molecule has 2 aliphatic rings. The Morgan fingerprint density at radius 2 is 2.09 bits per heavy atom.